The van der Waals surface area contributed by atoms with Crippen LogP contribution in [0.25, 0.3) is 0 Å². The van der Waals surface area contributed by atoms with Crippen LogP contribution < -0.4 is 0 Å². The summed E-state index contributed by atoms with van der Waals surface area (Å²) in [6, 6.07) is 8.52. The molecule has 112 valence electrons. The maximum absolute atomic E-state index is 5.80. The van der Waals surface area contributed by atoms with Crippen LogP contribution in [-0.4, -0.2) is 35.7 Å². The number of pyridine rings is 1. The van der Waals surface area contributed by atoms with Crippen molar-refractivity contribution >= 4 is 11.3 Å². The molecule has 0 N–H and O–H groups in total. The molecule has 0 aromatic carbocycles. The number of ether oxygens (including phenoxy) is 1. The Morgan fingerprint density at radius 2 is 2.33 bits per heavy atom. The zero-order chi connectivity index (χ0) is 14.3. The number of hydrogen-bond acceptors (Lipinski definition) is 4. The van der Waals surface area contributed by atoms with Crippen LogP contribution in [0.5, 0.6) is 0 Å². The fraction of sp³-hybridized carbons (Fsp3) is 0.471. The largest absolute Gasteiger partial charge is 0.377 e. The van der Waals surface area contributed by atoms with Gasteiger partial charge in [0.15, 0.2) is 0 Å². The molecule has 3 nitrogen and oxygen atoms in total. The molecule has 0 spiro atoms. The summed E-state index contributed by atoms with van der Waals surface area (Å²) in [4.78, 5) is 8.19. The van der Waals surface area contributed by atoms with E-state index in [1.807, 2.05) is 29.8 Å². The van der Waals surface area contributed by atoms with E-state index in [1.165, 1.54) is 23.3 Å². The van der Waals surface area contributed by atoms with Crippen LogP contribution in [0.3, 0.4) is 0 Å². The van der Waals surface area contributed by atoms with Gasteiger partial charge in [0.25, 0.3) is 0 Å². The minimum Gasteiger partial charge on any atom is -0.377 e. The molecule has 21 heavy (non-hydrogen) atoms. The van der Waals surface area contributed by atoms with Crippen molar-refractivity contribution in [1.82, 2.24) is 9.88 Å². The van der Waals surface area contributed by atoms with Gasteiger partial charge in [-0.3, -0.25) is 9.88 Å². The standard InChI is InChI=1S/C17H22N2OS/c1-4-15(12-18-8-1)13-19(14-16-5-2-10-20-16)9-7-17-6-3-11-21-17/h1,3-4,6,8,11-12,16H,2,5,7,9-10,13-14H2. The number of hydrogen-bond donors (Lipinski definition) is 0. The molecule has 0 aliphatic carbocycles. The van der Waals surface area contributed by atoms with Crippen LogP contribution in [0, 0.1) is 0 Å². The van der Waals surface area contributed by atoms with Gasteiger partial charge in [-0.05, 0) is 42.3 Å². The summed E-state index contributed by atoms with van der Waals surface area (Å²) in [5.41, 5.74) is 1.28. The summed E-state index contributed by atoms with van der Waals surface area (Å²) in [5.74, 6) is 0. The van der Waals surface area contributed by atoms with Crippen molar-refractivity contribution in [3.05, 3.63) is 52.5 Å². The first kappa shape index (κ1) is 14.7. The Kier molecular flexibility index (Phi) is 5.38. The Hall–Kier alpha value is -1.23. The number of nitrogens with zero attached hydrogens (tertiary/aromatic N) is 2. The van der Waals surface area contributed by atoms with Gasteiger partial charge in [0.2, 0.25) is 0 Å². The lowest BCUT2D eigenvalue weighted by Crippen LogP contribution is -2.33. The fourth-order valence-corrected chi connectivity index (χ4v) is 3.48. The lowest BCUT2D eigenvalue weighted by atomic mass is 10.2. The zero-order valence-electron chi connectivity index (χ0n) is 12.3. The van der Waals surface area contributed by atoms with Gasteiger partial charge in [0, 0.05) is 43.5 Å². The molecule has 0 bridgehead atoms. The van der Waals surface area contributed by atoms with Crippen LogP contribution in [0.2, 0.25) is 0 Å². The predicted molar refractivity (Wildman–Crippen MR) is 86.5 cm³/mol. The van der Waals surface area contributed by atoms with E-state index < -0.39 is 0 Å². The third-order valence-electron chi connectivity index (χ3n) is 3.87. The molecular formula is C17H22N2OS. The molecule has 0 radical (unpaired) electrons. The first-order valence-corrected chi connectivity index (χ1v) is 8.53. The summed E-state index contributed by atoms with van der Waals surface area (Å²) < 4.78 is 5.80. The van der Waals surface area contributed by atoms with Gasteiger partial charge in [0.05, 0.1) is 6.10 Å². The Labute approximate surface area is 130 Å². The van der Waals surface area contributed by atoms with Gasteiger partial charge in [0.1, 0.15) is 0 Å². The molecule has 2 aromatic heterocycles. The van der Waals surface area contributed by atoms with E-state index in [2.05, 4.69) is 33.5 Å². The maximum atomic E-state index is 5.80. The Morgan fingerprint density at radius 1 is 1.33 bits per heavy atom. The normalized spacial score (nSPS) is 18.4. The smallest absolute Gasteiger partial charge is 0.0702 e. The molecule has 1 fully saturated rings. The van der Waals surface area contributed by atoms with Crippen LogP contribution in [0.1, 0.15) is 23.3 Å². The monoisotopic (exact) mass is 302 g/mol. The quantitative estimate of drug-likeness (QED) is 0.784. The van der Waals surface area contributed by atoms with Crippen molar-refractivity contribution in [3.8, 4) is 0 Å². The lowest BCUT2D eigenvalue weighted by Gasteiger charge is -2.25. The summed E-state index contributed by atoms with van der Waals surface area (Å²) in [6.45, 7) is 3.99. The van der Waals surface area contributed by atoms with Crippen LogP contribution >= 0.6 is 11.3 Å². The number of aromatic nitrogens is 1. The summed E-state index contributed by atoms with van der Waals surface area (Å²) in [6.07, 6.45) is 7.72. The molecule has 4 heteroatoms. The zero-order valence-corrected chi connectivity index (χ0v) is 13.1. The van der Waals surface area contributed by atoms with Gasteiger partial charge in [-0.25, -0.2) is 0 Å². The van der Waals surface area contributed by atoms with Gasteiger partial charge >= 0.3 is 0 Å². The molecule has 1 saturated heterocycles. The highest BCUT2D eigenvalue weighted by molar-refractivity contribution is 7.09. The van der Waals surface area contributed by atoms with E-state index in [-0.39, 0.29) is 0 Å². The molecule has 1 aliphatic rings. The molecule has 3 rings (SSSR count). The number of thiophene rings is 1. The van der Waals surface area contributed by atoms with Gasteiger partial charge in [-0.15, -0.1) is 11.3 Å². The topological polar surface area (TPSA) is 25.4 Å². The van der Waals surface area contributed by atoms with Crippen LogP contribution in [0.4, 0.5) is 0 Å². The number of rotatable bonds is 7. The lowest BCUT2D eigenvalue weighted by molar-refractivity contribution is 0.0710. The van der Waals surface area contributed by atoms with Crippen LogP contribution in [-0.2, 0) is 17.7 Å². The minimum absolute atomic E-state index is 0.407. The molecule has 1 unspecified atom stereocenters. The summed E-state index contributed by atoms with van der Waals surface area (Å²) in [7, 11) is 0. The van der Waals surface area contributed by atoms with E-state index in [0.717, 1.165) is 32.7 Å². The first-order valence-electron chi connectivity index (χ1n) is 7.65. The van der Waals surface area contributed by atoms with Gasteiger partial charge in [-0.2, -0.15) is 0 Å². The summed E-state index contributed by atoms with van der Waals surface area (Å²) in [5, 5.41) is 2.15. The van der Waals surface area contributed by atoms with Gasteiger partial charge in [-0.1, -0.05) is 12.1 Å². The van der Waals surface area contributed by atoms with Gasteiger partial charge < -0.3 is 4.74 Å². The Morgan fingerprint density at radius 3 is 3.05 bits per heavy atom. The summed E-state index contributed by atoms with van der Waals surface area (Å²) >= 11 is 1.84. The third-order valence-corrected chi connectivity index (χ3v) is 4.81. The van der Waals surface area contributed by atoms with E-state index in [0.29, 0.717) is 6.10 Å². The third kappa shape index (κ3) is 4.63. The van der Waals surface area contributed by atoms with E-state index >= 15 is 0 Å². The van der Waals surface area contributed by atoms with E-state index in [1.54, 1.807) is 0 Å². The van der Waals surface area contributed by atoms with Crippen molar-refractivity contribution < 1.29 is 4.74 Å². The molecule has 1 aliphatic heterocycles. The highest BCUT2D eigenvalue weighted by Crippen LogP contribution is 2.16. The van der Waals surface area contributed by atoms with Crippen molar-refractivity contribution in [3.63, 3.8) is 0 Å². The van der Waals surface area contributed by atoms with Crippen molar-refractivity contribution in [2.24, 2.45) is 0 Å². The highest BCUT2D eigenvalue weighted by Gasteiger charge is 2.19. The van der Waals surface area contributed by atoms with Crippen LogP contribution in [0.15, 0.2) is 42.0 Å². The minimum atomic E-state index is 0.407. The molecule has 3 heterocycles. The van der Waals surface area contributed by atoms with E-state index in [9.17, 15) is 0 Å². The Balaban J connectivity index is 1.58. The second-order valence-corrected chi connectivity index (χ2v) is 6.59. The highest BCUT2D eigenvalue weighted by atomic mass is 32.1. The second kappa shape index (κ2) is 7.69. The first-order chi connectivity index (χ1) is 10.4. The van der Waals surface area contributed by atoms with Crippen molar-refractivity contribution in [2.45, 2.75) is 31.9 Å². The fourth-order valence-electron chi connectivity index (χ4n) is 2.78. The van der Waals surface area contributed by atoms with E-state index in [4.69, 9.17) is 4.74 Å². The SMILES string of the molecule is c1cncc(CN(CCc2cccs2)CC2CCCO2)c1. The molecule has 0 amide bonds. The molecule has 2 aromatic rings. The predicted octanol–water partition coefficient (Wildman–Crippen LogP) is 3.37. The van der Waals surface area contributed by atoms with Crippen molar-refractivity contribution in [2.75, 3.05) is 19.7 Å². The molecule has 1 atom stereocenters. The Bertz CT molecular complexity index is 509. The average molecular weight is 302 g/mol. The molecular weight excluding hydrogens is 280 g/mol. The van der Waals surface area contributed by atoms with Crippen molar-refractivity contribution in [1.29, 1.82) is 0 Å². The molecule has 0 saturated carbocycles. The maximum Gasteiger partial charge on any atom is 0.0702 e. The second-order valence-electron chi connectivity index (χ2n) is 5.56. The average Bonchev–Trinajstić information content (AvgIpc) is 3.19.